The lowest BCUT2D eigenvalue weighted by atomic mass is 9.95. The lowest BCUT2D eigenvalue weighted by Crippen LogP contribution is -2.39. The second-order valence-corrected chi connectivity index (χ2v) is 2.65. The van der Waals surface area contributed by atoms with Crippen LogP contribution in [0.15, 0.2) is 25.3 Å². The zero-order valence-corrected chi connectivity index (χ0v) is 7.22. The molecule has 0 saturated heterocycles. The molecule has 0 saturated carbocycles. The first-order valence-corrected chi connectivity index (χ1v) is 3.57. The van der Waals surface area contributed by atoms with Crippen molar-refractivity contribution in [2.24, 2.45) is 0 Å². The molecule has 0 spiro atoms. The van der Waals surface area contributed by atoms with E-state index in [-0.39, 0.29) is 5.54 Å². The van der Waals surface area contributed by atoms with Crippen LogP contribution in [0.25, 0.3) is 0 Å². The van der Waals surface area contributed by atoms with Gasteiger partial charge in [0, 0.05) is 0 Å². The summed E-state index contributed by atoms with van der Waals surface area (Å²) in [6.07, 6.45) is 4.88. The summed E-state index contributed by atoms with van der Waals surface area (Å²) >= 11 is 0. The van der Waals surface area contributed by atoms with Crippen LogP contribution in [0.2, 0.25) is 0 Å². The molecule has 0 heterocycles. The van der Waals surface area contributed by atoms with E-state index in [1.807, 2.05) is 26.2 Å². The standard InChI is InChI=1S/C9H17N/c1-6-9(7-2,8-3)10(4)5/h6-7H,1-2,8H2,3-5H3. The molecule has 0 fully saturated rings. The Morgan fingerprint density at radius 1 is 1.30 bits per heavy atom. The molecule has 0 aromatic carbocycles. The maximum absolute atomic E-state index is 3.78. The number of hydrogen-bond acceptors (Lipinski definition) is 1. The molecular formula is C9H17N. The summed E-state index contributed by atoms with van der Waals surface area (Å²) < 4.78 is 0. The largest absolute Gasteiger partial charge is 0.297 e. The fourth-order valence-corrected chi connectivity index (χ4v) is 1.05. The first kappa shape index (κ1) is 9.44. The van der Waals surface area contributed by atoms with Gasteiger partial charge in [-0.25, -0.2) is 0 Å². The minimum Gasteiger partial charge on any atom is -0.297 e. The monoisotopic (exact) mass is 139 g/mol. The summed E-state index contributed by atoms with van der Waals surface area (Å²) in [6.45, 7) is 9.69. The highest BCUT2D eigenvalue weighted by molar-refractivity contribution is 5.13. The summed E-state index contributed by atoms with van der Waals surface area (Å²) in [4.78, 5) is 2.12. The zero-order chi connectivity index (χ0) is 8.20. The van der Waals surface area contributed by atoms with Crippen molar-refractivity contribution < 1.29 is 0 Å². The van der Waals surface area contributed by atoms with Gasteiger partial charge in [-0.2, -0.15) is 0 Å². The van der Waals surface area contributed by atoms with Gasteiger partial charge in [0.15, 0.2) is 0 Å². The normalized spacial score (nSPS) is 11.6. The molecule has 0 rings (SSSR count). The Bertz CT molecular complexity index is 117. The smallest absolute Gasteiger partial charge is 0.0562 e. The fraction of sp³-hybridized carbons (Fsp3) is 0.556. The van der Waals surface area contributed by atoms with Crippen LogP contribution >= 0.6 is 0 Å². The quantitative estimate of drug-likeness (QED) is 0.539. The van der Waals surface area contributed by atoms with Crippen LogP contribution in [0.1, 0.15) is 13.3 Å². The highest BCUT2D eigenvalue weighted by Crippen LogP contribution is 2.18. The predicted molar refractivity (Wildman–Crippen MR) is 47.1 cm³/mol. The summed E-state index contributed by atoms with van der Waals surface area (Å²) in [6, 6.07) is 0. The van der Waals surface area contributed by atoms with E-state index < -0.39 is 0 Å². The van der Waals surface area contributed by atoms with E-state index in [1.165, 1.54) is 0 Å². The minimum atomic E-state index is -0.0139. The fourth-order valence-electron chi connectivity index (χ4n) is 1.05. The van der Waals surface area contributed by atoms with E-state index in [0.29, 0.717) is 0 Å². The lowest BCUT2D eigenvalue weighted by Gasteiger charge is -2.32. The molecule has 0 bridgehead atoms. The third kappa shape index (κ3) is 1.48. The first-order chi connectivity index (χ1) is 4.63. The van der Waals surface area contributed by atoms with Gasteiger partial charge >= 0.3 is 0 Å². The average molecular weight is 139 g/mol. The van der Waals surface area contributed by atoms with Crippen molar-refractivity contribution in [1.82, 2.24) is 4.90 Å². The van der Waals surface area contributed by atoms with E-state index in [1.54, 1.807) is 0 Å². The van der Waals surface area contributed by atoms with Gasteiger partial charge in [-0.15, -0.1) is 13.2 Å². The number of rotatable bonds is 4. The molecular weight excluding hydrogens is 122 g/mol. The Morgan fingerprint density at radius 3 is 1.70 bits per heavy atom. The van der Waals surface area contributed by atoms with E-state index in [2.05, 4.69) is 25.0 Å². The highest BCUT2D eigenvalue weighted by atomic mass is 15.1. The number of hydrogen-bond donors (Lipinski definition) is 0. The van der Waals surface area contributed by atoms with E-state index in [0.717, 1.165) is 6.42 Å². The molecule has 0 amide bonds. The van der Waals surface area contributed by atoms with Crippen LogP contribution in [0, 0.1) is 0 Å². The van der Waals surface area contributed by atoms with Gasteiger partial charge in [0.1, 0.15) is 0 Å². The van der Waals surface area contributed by atoms with Gasteiger partial charge in [0.2, 0.25) is 0 Å². The van der Waals surface area contributed by atoms with Crippen molar-refractivity contribution in [2.45, 2.75) is 18.9 Å². The summed E-state index contributed by atoms with van der Waals surface area (Å²) in [5.41, 5.74) is -0.0139. The van der Waals surface area contributed by atoms with E-state index in [9.17, 15) is 0 Å². The minimum absolute atomic E-state index is 0.0139. The summed E-state index contributed by atoms with van der Waals surface area (Å²) in [5, 5.41) is 0. The van der Waals surface area contributed by atoms with Gasteiger partial charge in [-0.3, -0.25) is 4.90 Å². The van der Waals surface area contributed by atoms with E-state index >= 15 is 0 Å². The van der Waals surface area contributed by atoms with Gasteiger partial charge in [-0.1, -0.05) is 19.1 Å². The molecule has 0 atom stereocenters. The van der Waals surface area contributed by atoms with Crippen molar-refractivity contribution in [3.8, 4) is 0 Å². The van der Waals surface area contributed by atoms with Crippen molar-refractivity contribution in [3.05, 3.63) is 25.3 Å². The van der Waals surface area contributed by atoms with Crippen molar-refractivity contribution in [2.75, 3.05) is 14.1 Å². The van der Waals surface area contributed by atoms with Gasteiger partial charge in [0.25, 0.3) is 0 Å². The summed E-state index contributed by atoms with van der Waals surface area (Å²) in [7, 11) is 4.07. The van der Waals surface area contributed by atoms with Crippen LogP contribution < -0.4 is 0 Å². The summed E-state index contributed by atoms with van der Waals surface area (Å²) in [5.74, 6) is 0. The SMILES string of the molecule is C=CC(C=C)(CC)N(C)C. The van der Waals surface area contributed by atoms with Crippen molar-refractivity contribution in [3.63, 3.8) is 0 Å². The second kappa shape index (κ2) is 3.57. The van der Waals surface area contributed by atoms with E-state index in [4.69, 9.17) is 0 Å². The molecule has 0 aliphatic rings. The molecule has 0 aliphatic carbocycles. The van der Waals surface area contributed by atoms with Gasteiger partial charge < -0.3 is 0 Å². The molecule has 0 aliphatic heterocycles. The average Bonchev–Trinajstić information content (AvgIpc) is 1.92. The van der Waals surface area contributed by atoms with Crippen LogP contribution in [0.4, 0.5) is 0 Å². The van der Waals surface area contributed by atoms with Crippen molar-refractivity contribution in [1.29, 1.82) is 0 Å². The topological polar surface area (TPSA) is 3.24 Å². The van der Waals surface area contributed by atoms with Gasteiger partial charge in [0.05, 0.1) is 5.54 Å². The molecule has 1 nitrogen and oxygen atoms in total. The molecule has 0 N–H and O–H groups in total. The van der Waals surface area contributed by atoms with Crippen LogP contribution in [-0.2, 0) is 0 Å². The predicted octanol–water partition coefficient (Wildman–Crippen LogP) is 2.07. The Labute approximate surface area is 64.0 Å². The Morgan fingerprint density at radius 2 is 1.70 bits per heavy atom. The zero-order valence-electron chi connectivity index (χ0n) is 7.22. The second-order valence-electron chi connectivity index (χ2n) is 2.65. The molecule has 0 aromatic heterocycles. The van der Waals surface area contributed by atoms with Crippen LogP contribution in [-0.4, -0.2) is 24.5 Å². The first-order valence-electron chi connectivity index (χ1n) is 3.57. The van der Waals surface area contributed by atoms with Crippen LogP contribution in [0.5, 0.6) is 0 Å². The number of nitrogens with zero attached hydrogens (tertiary/aromatic N) is 1. The molecule has 58 valence electrons. The molecule has 10 heavy (non-hydrogen) atoms. The molecule has 0 unspecified atom stereocenters. The highest BCUT2D eigenvalue weighted by Gasteiger charge is 2.21. The van der Waals surface area contributed by atoms with Crippen molar-refractivity contribution >= 4 is 0 Å². The molecule has 1 heteroatoms. The van der Waals surface area contributed by atoms with Gasteiger partial charge in [-0.05, 0) is 20.5 Å². The molecule has 0 radical (unpaired) electrons. The Hall–Kier alpha value is -0.560. The van der Waals surface area contributed by atoms with Crippen LogP contribution in [0.3, 0.4) is 0 Å². The Balaban J connectivity index is 4.45. The Kier molecular flexibility index (Phi) is 3.37. The maximum Gasteiger partial charge on any atom is 0.0562 e. The third-order valence-corrected chi connectivity index (χ3v) is 2.11. The number of likely N-dealkylation sites (N-methyl/N-ethyl adjacent to an activating group) is 1. The maximum atomic E-state index is 3.78. The lowest BCUT2D eigenvalue weighted by molar-refractivity contribution is 0.256. The third-order valence-electron chi connectivity index (χ3n) is 2.11. The molecule has 0 aromatic rings.